The number of hydrogen-bond acceptors (Lipinski definition) is 7. The van der Waals surface area contributed by atoms with Crippen molar-refractivity contribution in [1.29, 1.82) is 0 Å². The molecule has 0 saturated heterocycles. The maximum Gasteiger partial charge on any atom is 0.271 e. The molecule has 0 aliphatic rings. The zero-order valence-electron chi connectivity index (χ0n) is 11.7. The van der Waals surface area contributed by atoms with E-state index in [0.29, 0.717) is 22.5 Å². The number of H-pyrrole nitrogens is 1. The normalized spacial score (nSPS) is 10.4. The van der Waals surface area contributed by atoms with Crippen LogP contribution in [0.1, 0.15) is 16.3 Å². The second-order valence-electron chi connectivity index (χ2n) is 4.31. The summed E-state index contributed by atoms with van der Waals surface area (Å²) < 4.78 is 0. The third-order valence-electron chi connectivity index (χ3n) is 2.84. The van der Waals surface area contributed by atoms with Gasteiger partial charge in [0, 0.05) is 30.4 Å². The molecule has 22 heavy (non-hydrogen) atoms. The van der Waals surface area contributed by atoms with Crippen molar-refractivity contribution in [1.82, 2.24) is 30.5 Å². The molecule has 0 aliphatic heterocycles. The van der Waals surface area contributed by atoms with Crippen molar-refractivity contribution >= 4 is 22.4 Å². The number of rotatable bonds is 5. The number of carbonyl (C=O) groups excluding carboxylic acids is 1. The second-order valence-corrected chi connectivity index (χ2v) is 5.17. The van der Waals surface area contributed by atoms with E-state index in [1.54, 1.807) is 24.8 Å². The Bertz CT molecular complexity index is 768. The second kappa shape index (κ2) is 6.31. The highest BCUT2D eigenvalue weighted by molar-refractivity contribution is 7.13. The van der Waals surface area contributed by atoms with Crippen LogP contribution in [0.2, 0.25) is 0 Å². The van der Waals surface area contributed by atoms with Gasteiger partial charge >= 0.3 is 0 Å². The Hall–Kier alpha value is -2.81. The van der Waals surface area contributed by atoms with E-state index in [4.69, 9.17) is 0 Å². The number of thiazole rings is 1. The van der Waals surface area contributed by atoms with Crippen LogP contribution < -0.4 is 10.6 Å². The van der Waals surface area contributed by atoms with Gasteiger partial charge in [0.05, 0.1) is 6.54 Å². The highest BCUT2D eigenvalue weighted by atomic mass is 32.1. The van der Waals surface area contributed by atoms with Crippen LogP contribution in [-0.2, 0) is 6.54 Å². The lowest BCUT2D eigenvalue weighted by Crippen LogP contribution is -2.23. The SMILES string of the molecule is CNc1nc(C(=O)NCc2nc(-c3ccncc3)n[nH]2)cs1. The van der Waals surface area contributed by atoms with Gasteiger partial charge in [-0.1, -0.05) is 0 Å². The number of aromatic nitrogens is 5. The van der Waals surface area contributed by atoms with Gasteiger partial charge in [-0.25, -0.2) is 9.97 Å². The number of amides is 1. The Morgan fingerprint density at radius 2 is 2.14 bits per heavy atom. The number of nitrogens with one attached hydrogen (secondary N) is 3. The minimum atomic E-state index is -0.250. The molecule has 0 radical (unpaired) electrons. The first-order valence-corrected chi connectivity index (χ1v) is 7.37. The lowest BCUT2D eigenvalue weighted by molar-refractivity contribution is 0.0945. The van der Waals surface area contributed by atoms with Crippen LogP contribution in [-0.4, -0.2) is 38.1 Å². The quantitative estimate of drug-likeness (QED) is 0.655. The summed E-state index contributed by atoms with van der Waals surface area (Å²) in [6.45, 7) is 0.253. The summed E-state index contributed by atoms with van der Waals surface area (Å²) in [5.41, 5.74) is 1.24. The molecule has 0 spiro atoms. The molecule has 8 nitrogen and oxygen atoms in total. The van der Waals surface area contributed by atoms with Crippen molar-refractivity contribution in [2.75, 3.05) is 12.4 Å². The predicted molar refractivity (Wildman–Crippen MR) is 82.4 cm³/mol. The van der Waals surface area contributed by atoms with Crippen LogP contribution in [0.25, 0.3) is 11.4 Å². The molecule has 112 valence electrons. The van der Waals surface area contributed by atoms with Gasteiger partial charge in [0.25, 0.3) is 5.91 Å². The number of pyridine rings is 1. The minimum Gasteiger partial charge on any atom is -0.365 e. The van der Waals surface area contributed by atoms with E-state index in [1.165, 1.54) is 11.3 Å². The van der Waals surface area contributed by atoms with Gasteiger partial charge in [0.2, 0.25) is 0 Å². The highest BCUT2D eigenvalue weighted by Crippen LogP contribution is 2.14. The van der Waals surface area contributed by atoms with E-state index in [2.05, 4.69) is 35.8 Å². The first kappa shape index (κ1) is 14.1. The summed E-state index contributed by atoms with van der Waals surface area (Å²) >= 11 is 1.38. The van der Waals surface area contributed by atoms with Gasteiger partial charge in [-0.15, -0.1) is 11.3 Å². The van der Waals surface area contributed by atoms with E-state index in [-0.39, 0.29) is 12.5 Å². The largest absolute Gasteiger partial charge is 0.365 e. The number of hydrogen-bond donors (Lipinski definition) is 3. The van der Waals surface area contributed by atoms with Crippen molar-refractivity contribution in [3.63, 3.8) is 0 Å². The predicted octanol–water partition coefficient (Wildman–Crippen LogP) is 1.29. The third kappa shape index (κ3) is 3.09. The Kier molecular flexibility index (Phi) is 4.05. The third-order valence-corrected chi connectivity index (χ3v) is 3.70. The molecular formula is C13H13N7OS. The summed E-state index contributed by atoms with van der Waals surface area (Å²) in [5, 5.41) is 15.0. The van der Waals surface area contributed by atoms with Crippen LogP contribution in [0.15, 0.2) is 29.9 Å². The molecule has 3 heterocycles. The number of nitrogens with zero attached hydrogens (tertiary/aromatic N) is 4. The van der Waals surface area contributed by atoms with Crippen LogP contribution in [0, 0.1) is 0 Å². The summed E-state index contributed by atoms with van der Waals surface area (Å²) in [6.07, 6.45) is 3.35. The average Bonchev–Trinajstić information content (AvgIpc) is 3.22. The fourth-order valence-corrected chi connectivity index (χ4v) is 2.40. The maximum atomic E-state index is 12.0. The Morgan fingerprint density at radius 3 is 2.86 bits per heavy atom. The molecule has 3 rings (SSSR count). The molecule has 3 N–H and O–H groups in total. The fraction of sp³-hybridized carbons (Fsp3) is 0.154. The van der Waals surface area contributed by atoms with Gasteiger partial charge in [0.1, 0.15) is 11.5 Å². The summed E-state index contributed by atoms with van der Waals surface area (Å²) in [4.78, 5) is 24.4. The zero-order valence-corrected chi connectivity index (χ0v) is 12.5. The molecule has 0 atom stereocenters. The smallest absolute Gasteiger partial charge is 0.271 e. The average molecular weight is 315 g/mol. The number of aromatic amines is 1. The van der Waals surface area contributed by atoms with Crippen molar-refractivity contribution < 1.29 is 4.79 Å². The van der Waals surface area contributed by atoms with Crippen molar-refractivity contribution in [3.8, 4) is 11.4 Å². The van der Waals surface area contributed by atoms with Crippen LogP contribution in [0.3, 0.4) is 0 Å². The number of anilines is 1. The van der Waals surface area contributed by atoms with E-state index in [9.17, 15) is 4.79 Å². The van der Waals surface area contributed by atoms with E-state index in [0.717, 1.165) is 5.56 Å². The molecule has 3 aromatic heterocycles. The van der Waals surface area contributed by atoms with Crippen molar-refractivity contribution in [3.05, 3.63) is 41.4 Å². The van der Waals surface area contributed by atoms with Gasteiger partial charge in [-0.05, 0) is 12.1 Å². The molecule has 0 aromatic carbocycles. The van der Waals surface area contributed by atoms with Gasteiger partial charge in [-0.3, -0.25) is 14.9 Å². The van der Waals surface area contributed by atoms with Gasteiger partial charge < -0.3 is 10.6 Å². The first-order valence-electron chi connectivity index (χ1n) is 6.49. The van der Waals surface area contributed by atoms with E-state index >= 15 is 0 Å². The lowest BCUT2D eigenvalue weighted by atomic mass is 10.2. The van der Waals surface area contributed by atoms with E-state index < -0.39 is 0 Å². The van der Waals surface area contributed by atoms with Gasteiger partial charge in [-0.2, -0.15) is 5.10 Å². The highest BCUT2D eigenvalue weighted by Gasteiger charge is 2.11. The lowest BCUT2D eigenvalue weighted by Gasteiger charge is -1.99. The monoisotopic (exact) mass is 315 g/mol. The molecule has 0 unspecified atom stereocenters. The fourth-order valence-electron chi connectivity index (χ4n) is 1.75. The zero-order chi connectivity index (χ0) is 15.4. The van der Waals surface area contributed by atoms with E-state index in [1.807, 2.05) is 12.1 Å². The van der Waals surface area contributed by atoms with Crippen LogP contribution in [0.4, 0.5) is 5.13 Å². The molecule has 0 bridgehead atoms. The molecular weight excluding hydrogens is 302 g/mol. The molecule has 3 aromatic rings. The van der Waals surface area contributed by atoms with Crippen LogP contribution >= 0.6 is 11.3 Å². The summed E-state index contributed by atoms with van der Waals surface area (Å²) in [6, 6.07) is 3.64. The van der Waals surface area contributed by atoms with Crippen molar-refractivity contribution in [2.24, 2.45) is 0 Å². The molecule has 0 fully saturated rings. The molecule has 9 heteroatoms. The standard InChI is InChI=1S/C13H13N7OS/c1-14-13-17-9(7-22-13)12(21)16-6-10-18-11(20-19-10)8-2-4-15-5-3-8/h2-5,7H,6H2,1H3,(H,14,17)(H,16,21)(H,18,19,20). The molecule has 0 aliphatic carbocycles. The van der Waals surface area contributed by atoms with Crippen LogP contribution in [0.5, 0.6) is 0 Å². The number of carbonyl (C=O) groups is 1. The van der Waals surface area contributed by atoms with Crippen molar-refractivity contribution in [2.45, 2.75) is 6.54 Å². The molecule has 1 amide bonds. The first-order chi connectivity index (χ1) is 10.8. The van der Waals surface area contributed by atoms with Gasteiger partial charge in [0.15, 0.2) is 11.0 Å². The Balaban J connectivity index is 1.62. The Labute approximate surface area is 130 Å². The summed E-state index contributed by atoms with van der Waals surface area (Å²) in [7, 11) is 1.76. The topological polar surface area (TPSA) is 108 Å². The minimum absolute atomic E-state index is 0.250. The maximum absolute atomic E-state index is 12.0. The summed E-state index contributed by atoms with van der Waals surface area (Å²) in [5.74, 6) is 0.890. The Morgan fingerprint density at radius 1 is 1.32 bits per heavy atom. The molecule has 0 saturated carbocycles.